The van der Waals surface area contributed by atoms with E-state index in [9.17, 15) is 4.79 Å². The Bertz CT molecular complexity index is 540. The first kappa shape index (κ1) is 15.3. The summed E-state index contributed by atoms with van der Waals surface area (Å²) < 4.78 is 0. The van der Waals surface area contributed by atoms with Crippen molar-refractivity contribution in [3.63, 3.8) is 0 Å². The molecule has 0 saturated carbocycles. The number of rotatable bonds is 7. The van der Waals surface area contributed by atoms with Crippen LogP contribution in [-0.4, -0.2) is 25.5 Å². The summed E-state index contributed by atoms with van der Waals surface area (Å²) in [6.07, 6.45) is 1.56. The van der Waals surface area contributed by atoms with Crippen LogP contribution in [0, 0.1) is 0 Å². The number of amides is 1. The Hall–Kier alpha value is -2.13. The van der Waals surface area contributed by atoms with Crippen LogP contribution in [0.2, 0.25) is 0 Å². The molecule has 2 aromatic carbocycles. The molecule has 1 atom stereocenters. The van der Waals surface area contributed by atoms with E-state index >= 15 is 0 Å². The maximum atomic E-state index is 12.2. The molecule has 0 radical (unpaired) electrons. The van der Waals surface area contributed by atoms with Crippen molar-refractivity contribution >= 4 is 5.91 Å². The average molecular weight is 282 g/mol. The van der Waals surface area contributed by atoms with Crippen LogP contribution in [0.15, 0.2) is 60.7 Å². The normalized spacial score (nSPS) is 11.9. The van der Waals surface area contributed by atoms with Crippen molar-refractivity contribution in [3.05, 3.63) is 71.8 Å². The van der Waals surface area contributed by atoms with Crippen molar-refractivity contribution in [1.29, 1.82) is 0 Å². The molecule has 0 saturated heterocycles. The standard InChI is InChI=1S/C18H22N2O/c1-19-17(14-16-10-6-3-7-11-16)18(21)20-13-12-15-8-4-2-5-9-15/h2-11,17,19H,12-14H2,1H3,(H,20,21)/t17-/m0/s1. The second-order valence-electron chi connectivity index (χ2n) is 5.06. The monoisotopic (exact) mass is 282 g/mol. The molecule has 110 valence electrons. The molecule has 0 spiro atoms. The topological polar surface area (TPSA) is 41.1 Å². The predicted molar refractivity (Wildman–Crippen MR) is 86.1 cm³/mol. The summed E-state index contributed by atoms with van der Waals surface area (Å²) in [5.41, 5.74) is 2.40. The van der Waals surface area contributed by atoms with E-state index in [1.165, 1.54) is 5.56 Å². The molecule has 0 aliphatic carbocycles. The Kier molecular flexibility index (Phi) is 5.98. The number of carbonyl (C=O) groups excluding carboxylic acids is 1. The van der Waals surface area contributed by atoms with E-state index in [0.29, 0.717) is 13.0 Å². The predicted octanol–water partition coefficient (Wildman–Crippen LogP) is 2.18. The number of hydrogen-bond acceptors (Lipinski definition) is 2. The van der Waals surface area contributed by atoms with Crippen molar-refractivity contribution in [3.8, 4) is 0 Å². The Balaban J connectivity index is 1.80. The second-order valence-corrected chi connectivity index (χ2v) is 5.06. The highest BCUT2D eigenvalue weighted by molar-refractivity contribution is 5.82. The molecule has 0 fully saturated rings. The fourth-order valence-corrected chi connectivity index (χ4v) is 2.27. The summed E-state index contributed by atoms with van der Waals surface area (Å²) in [5.74, 6) is 0.0530. The van der Waals surface area contributed by atoms with Crippen LogP contribution in [0.3, 0.4) is 0 Å². The van der Waals surface area contributed by atoms with Crippen molar-refractivity contribution in [1.82, 2.24) is 10.6 Å². The van der Waals surface area contributed by atoms with E-state index in [4.69, 9.17) is 0 Å². The minimum atomic E-state index is -0.192. The summed E-state index contributed by atoms with van der Waals surface area (Å²) in [7, 11) is 1.82. The fraction of sp³-hybridized carbons (Fsp3) is 0.278. The van der Waals surface area contributed by atoms with E-state index in [-0.39, 0.29) is 11.9 Å². The van der Waals surface area contributed by atoms with E-state index in [0.717, 1.165) is 12.0 Å². The Morgan fingerprint density at radius 2 is 1.52 bits per heavy atom. The molecule has 2 rings (SSSR count). The third-order valence-electron chi connectivity index (χ3n) is 3.50. The van der Waals surface area contributed by atoms with Gasteiger partial charge in [0.2, 0.25) is 5.91 Å². The summed E-state index contributed by atoms with van der Waals surface area (Å²) >= 11 is 0. The minimum absolute atomic E-state index is 0.0530. The zero-order chi connectivity index (χ0) is 14.9. The largest absolute Gasteiger partial charge is 0.354 e. The first-order chi connectivity index (χ1) is 10.3. The van der Waals surface area contributed by atoms with Crippen molar-refractivity contribution in [2.75, 3.05) is 13.6 Å². The van der Waals surface area contributed by atoms with E-state index in [1.54, 1.807) is 0 Å². The molecule has 2 N–H and O–H groups in total. The fourth-order valence-electron chi connectivity index (χ4n) is 2.27. The average Bonchev–Trinajstić information content (AvgIpc) is 2.54. The van der Waals surface area contributed by atoms with Gasteiger partial charge < -0.3 is 10.6 Å². The van der Waals surface area contributed by atoms with E-state index in [2.05, 4.69) is 22.8 Å². The number of likely N-dealkylation sites (N-methyl/N-ethyl adjacent to an activating group) is 1. The van der Waals surface area contributed by atoms with Gasteiger partial charge in [0, 0.05) is 6.54 Å². The lowest BCUT2D eigenvalue weighted by molar-refractivity contribution is -0.122. The van der Waals surface area contributed by atoms with Gasteiger partial charge in [0.25, 0.3) is 0 Å². The van der Waals surface area contributed by atoms with Crippen LogP contribution in [-0.2, 0) is 17.6 Å². The van der Waals surface area contributed by atoms with Gasteiger partial charge in [0.1, 0.15) is 0 Å². The Morgan fingerprint density at radius 1 is 0.952 bits per heavy atom. The first-order valence-electron chi connectivity index (χ1n) is 7.32. The number of carbonyl (C=O) groups is 1. The number of hydrogen-bond donors (Lipinski definition) is 2. The van der Waals surface area contributed by atoms with Gasteiger partial charge in [0.05, 0.1) is 6.04 Å². The smallest absolute Gasteiger partial charge is 0.237 e. The van der Waals surface area contributed by atoms with E-state index < -0.39 is 0 Å². The minimum Gasteiger partial charge on any atom is -0.354 e. The van der Waals surface area contributed by atoms with Crippen molar-refractivity contribution in [2.45, 2.75) is 18.9 Å². The zero-order valence-electron chi connectivity index (χ0n) is 12.4. The molecule has 1 amide bonds. The van der Waals surface area contributed by atoms with Gasteiger partial charge in [-0.05, 0) is 31.0 Å². The first-order valence-corrected chi connectivity index (χ1v) is 7.32. The van der Waals surface area contributed by atoms with Crippen LogP contribution in [0.1, 0.15) is 11.1 Å². The summed E-state index contributed by atoms with van der Waals surface area (Å²) in [6, 6.07) is 20.1. The van der Waals surface area contributed by atoms with Gasteiger partial charge >= 0.3 is 0 Å². The molecule has 0 heterocycles. The highest BCUT2D eigenvalue weighted by Gasteiger charge is 2.16. The van der Waals surface area contributed by atoms with Crippen LogP contribution >= 0.6 is 0 Å². The summed E-state index contributed by atoms with van der Waals surface area (Å²) in [5, 5.41) is 6.09. The molecule has 0 aromatic heterocycles. The highest BCUT2D eigenvalue weighted by atomic mass is 16.2. The molecule has 21 heavy (non-hydrogen) atoms. The van der Waals surface area contributed by atoms with Crippen molar-refractivity contribution < 1.29 is 4.79 Å². The van der Waals surface area contributed by atoms with Gasteiger partial charge in [-0.2, -0.15) is 0 Å². The molecule has 2 aromatic rings. The van der Waals surface area contributed by atoms with Gasteiger partial charge in [-0.15, -0.1) is 0 Å². The molecule has 0 unspecified atom stereocenters. The third-order valence-corrected chi connectivity index (χ3v) is 3.50. The molecule has 3 heteroatoms. The highest BCUT2D eigenvalue weighted by Crippen LogP contribution is 2.03. The number of nitrogens with one attached hydrogen (secondary N) is 2. The van der Waals surface area contributed by atoms with Gasteiger partial charge in [-0.1, -0.05) is 60.7 Å². The molecule has 3 nitrogen and oxygen atoms in total. The lowest BCUT2D eigenvalue weighted by atomic mass is 10.1. The Labute approximate surface area is 126 Å². The molecule has 0 aliphatic heterocycles. The number of benzene rings is 2. The SMILES string of the molecule is CN[C@@H](Cc1ccccc1)C(=O)NCCc1ccccc1. The van der Waals surface area contributed by atoms with Crippen LogP contribution in [0.5, 0.6) is 0 Å². The van der Waals surface area contributed by atoms with Crippen LogP contribution < -0.4 is 10.6 Å². The van der Waals surface area contributed by atoms with Gasteiger partial charge in [0.15, 0.2) is 0 Å². The quantitative estimate of drug-likeness (QED) is 0.817. The maximum absolute atomic E-state index is 12.2. The molecule has 0 aliphatic rings. The lowest BCUT2D eigenvalue weighted by Crippen LogP contribution is -2.44. The van der Waals surface area contributed by atoms with Crippen LogP contribution in [0.25, 0.3) is 0 Å². The molecule has 0 bridgehead atoms. The van der Waals surface area contributed by atoms with Crippen molar-refractivity contribution in [2.24, 2.45) is 0 Å². The Morgan fingerprint density at radius 3 is 2.10 bits per heavy atom. The molecular formula is C18H22N2O. The second kappa shape index (κ2) is 8.22. The summed E-state index contributed by atoms with van der Waals surface area (Å²) in [6.45, 7) is 0.663. The lowest BCUT2D eigenvalue weighted by Gasteiger charge is -2.16. The summed E-state index contributed by atoms with van der Waals surface area (Å²) in [4.78, 5) is 12.2. The van der Waals surface area contributed by atoms with Gasteiger partial charge in [-0.25, -0.2) is 0 Å². The third kappa shape index (κ3) is 5.04. The molecular weight excluding hydrogens is 260 g/mol. The van der Waals surface area contributed by atoms with Gasteiger partial charge in [-0.3, -0.25) is 4.79 Å². The zero-order valence-corrected chi connectivity index (χ0v) is 12.4. The van der Waals surface area contributed by atoms with Crippen LogP contribution in [0.4, 0.5) is 0 Å². The van der Waals surface area contributed by atoms with E-state index in [1.807, 2.05) is 55.6 Å². The maximum Gasteiger partial charge on any atom is 0.237 e.